The Balaban J connectivity index is 0.00000117. The van der Waals surface area contributed by atoms with E-state index in [1.807, 2.05) is 24.8 Å². The van der Waals surface area contributed by atoms with E-state index in [1.54, 1.807) is 11.3 Å². The van der Waals surface area contributed by atoms with Crippen molar-refractivity contribution in [1.29, 1.82) is 0 Å². The zero-order valence-electron chi connectivity index (χ0n) is 18.0. The number of aromatic nitrogens is 2. The Bertz CT molecular complexity index is 977. The van der Waals surface area contributed by atoms with Crippen LogP contribution in [0.4, 0.5) is 0 Å². The number of hydrogen-bond acceptors (Lipinski definition) is 4. The molecule has 0 spiro atoms. The molecule has 0 radical (unpaired) electrons. The zero-order valence-corrected chi connectivity index (χ0v) is 18.8. The zero-order chi connectivity index (χ0) is 21.1. The first-order chi connectivity index (χ1) is 13.9. The molecular formula is C23H31N3O2S. The highest BCUT2D eigenvalue weighted by atomic mass is 32.1. The summed E-state index contributed by atoms with van der Waals surface area (Å²) in [7, 11) is 1.00. The average molecular weight is 414 g/mol. The van der Waals surface area contributed by atoms with Crippen molar-refractivity contribution in [3.05, 3.63) is 40.0 Å². The third-order valence-electron chi connectivity index (χ3n) is 5.31. The SMILES string of the molecule is CO.Cc1cc(-c2[nH]c3cc(C(=O)N4CCCCC4)sc3c2C(C)C)cc(C)n1. The fourth-order valence-electron chi connectivity index (χ4n) is 4.12. The second kappa shape index (κ2) is 9.09. The second-order valence-electron chi connectivity index (χ2n) is 7.91. The summed E-state index contributed by atoms with van der Waals surface area (Å²) < 4.78 is 1.22. The average Bonchev–Trinajstić information content (AvgIpc) is 3.26. The van der Waals surface area contributed by atoms with Crippen LogP contribution in [0.15, 0.2) is 18.2 Å². The van der Waals surface area contributed by atoms with E-state index in [0.29, 0.717) is 5.92 Å². The van der Waals surface area contributed by atoms with E-state index in [1.165, 1.54) is 22.2 Å². The fourth-order valence-corrected chi connectivity index (χ4v) is 5.40. The summed E-state index contributed by atoms with van der Waals surface area (Å²) in [5.41, 5.74) is 6.77. The van der Waals surface area contributed by atoms with Gasteiger partial charge in [0.15, 0.2) is 0 Å². The number of H-pyrrole nitrogens is 1. The van der Waals surface area contributed by atoms with Gasteiger partial charge < -0.3 is 15.0 Å². The molecule has 2 N–H and O–H groups in total. The first-order valence-corrected chi connectivity index (χ1v) is 11.1. The van der Waals surface area contributed by atoms with Crippen molar-refractivity contribution in [3.63, 3.8) is 0 Å². The maximum atomic E-state index is 12.9. The number of fused-ring (bicyclic) bond motifs is 1. The Morgan fingerprint density at radius 3 is 2.31 bits per heavy atom. The van der Waals surface area contributed by atoms with E-state index >= 15 is 0 Å². The predicted molar refractivity (Wildman–Crippen MR) is 121 cm³/mol. The van der Waals surface area contributed by atoms with Crippen LogP contribution in [-0.4, -0.2) is 46.1 Å². The van der Waals surface area contributed by atoms with Gasteiger partial charge in [0.1, 0.15) is 0 Å². The monoisotopic (exact) mass is 413 g/mol. The van der Waals surface area contributed by atoms with Crippen LogP contribution in [0.25, 0.3) is 21.5 Å². The van der Waals surface area contributed by atoms with Crippen LogP contribution in [0, 0.1) is 13.8 Å². The number of piperidine rings is 1. The third-order valence-corrected chi connectivity index (χ3v) is 6.46. The number of hydrogen-bond donors (Lipinski definition) is 2. The van der Waals surface area contributed by atoms with Gasteiger partial charge in [-0.15, -0.1) is 11.3 Å². The van der Waals surface area contributed by atoms with Gasteiger partial charge in [-0.3, -0.25) is 9.78 Å². The molecule has 0 bridgehead atoms. The summed E-state index contributed by atoms with van der Waals surface area (Å²) in [4.78, 5) is 23.9. The molecule has 29 heavy (non-hydrogen) atoms. The Kier molecular flexibility index (Phi) is 6.75. The van der Waals surface area contributed by atoms with E-state index in [9.17, 15) is 4.79 Å². The van der Waals surface area contributed by atoms with E-state index in [2.05, 4.69) is 35.9 Å². The quantitative estimate of drug-likeness (QED) is 0.615. The highest BCUT2D eigenvalue weighted by molar-refractivity contribution is 7.21. The van der Waals surface area contributed by atoms with Gasteiger partial charge in [-0.25, -0.2) is 0 Å². The van der Waals surface area contributed by atoms with Crippen molar-refractivity contribution in [1.82, 2.24) is 14.9 Å². The van der Waals surface area contributed by atoms with Gasteiger partial charge in [0.05, 0.1) is 20.8 Å². The number of amides is 1. The van der Waals surface area contributed by atoms with Crippen molar-refractivity contribution >= 4 is 27.5 Å². The number of rotatable bonds is 3. The van der Waals surface area contributed by atoms with Gasteiger partial charge in [-0.1, -0.05) is 13.8 Å². The number of aliphatic hydroxyl groups excluding tert-OH is 1. The van der Waals surface area contributed by atoms with Crippen LogP contribution < -0.4 is 0 Å². The number of carbonyl (C=O) groups excluding carboxylic acids is 1. The molecule has 0 atom stereocenters. The van der Waals surface area contributed by atoms with Gasteiger partial charge in [-0.05, 0) is 62.8 Å². The van der Waals surface area contributed by atoms with Gasteiger partial charge >= 0.3 is 0 Å². The lowest BCUT2D eigenvalue weighted by Gasteiger charge is -2.26. The highest BCUT2D eigenvalue weighted by Gasteiger charge is 2.24. The van der Waals surface area contributed by atoms with Crippen LogP contribution in [0.5, 0.6) is 0 Å². The maximum Gasteiger partial charge on any atom is 0.264 e. The molecule has 5 nitrogen and oxygen atoms in total. The minimum absolute atomic E-state index is 0.191. The lowest BCUT2D eigenvalue weighted by molar-refractivity contribution is 0.0729. The van der Waals surface area contributed by atoms with E-state index in [0.717, 1.165) is 60.5 Å². The van der Waals surface area contributed by atoms with Crippen molar-refractivity contribution in [2.75, 3.05) is 20.2 Å². The first kappa shape index (κ1) is 21.5. The van der Waals surface area contributed by atoms with Crippen LogP contribution in [0.1, 0.15) is 65.7 Å². The van der Waals surface area contributed by atoms with Crippen molar-refractivity contribution in [2.24, 2.45) is 0 Å². The summed E-state index contributed by atoms with van der Waals surface area (Å²) in [6, 6.07) is 6.31. The number of carbonyl (C=O) groups is 1. The molecule has 1 fully saturated rings. The maximum absolute atomic E-state index is 12.9. The van der Waals surface area contributed by atoms with Crippen molar-refractivity contribution < 1.29 is 9.90 Å². The smallest absolute Gasteiger partial charge is 0.264 e. The van der Waals surface area contributed by atoms with E-state index < -0.39 is 0 Å². The van der Waals surface area contributed by atoms with Crippen LogP contribution in [0.2, 0.25) is 0 Å². The number of aliphatic hydroxyl groups is 1. The lowest BCUT2D eigenvalue weighted by Crippen LogP contribution is -2.35. The van der Waals surface area contributed by atoms with Crippen LogP contribution in [0.3, 0.4) is 0 Å². The number of nitrogens with zero attached hydrogens (tertiary/aromatic N) is 2. The Hall–Kier alpha value is -2.18. The predicted octanol–water partition coefficient (Wildman–Crippen LogP) is 5.27. The molecule has 0 aliphatic carbocycles. The molecule has 156 valence electrons. The highest BCUT2D eigenvalue weighted by Crippen LogP contribution is 2.40. The summed E-state index contributed by atoms with van der Waals surface area (Å²) in [5.74, 6) is 0.565. The molecule has 1 amide bonds. The van der Waals surface area contributed by atoms with Crippen LogP contribution in [-0.2, 0) is 0 Å². The van der Waals surface area contributed by atoms with Gasteiger partial charge in [0.2, 0.25) is 0 Å². The van der Waals surface area contributed by atoms with Gasteiger partial charge in [0, 0.05) is 37.2 Å². The molecule has 3 aromatic heterocycles. The summed E-state index contributed by atoms with van der Waals surface area (Å²) >= 11 is 1.64. The molecule has 6 heteroatoms. The topological polar surface area (TPSA) is 69.2 Å². The molecule has 3 aromatic rings. The summed E-state index contributed by atoms with van der Waals surface area (Å²) in [6.45, 7) is 10.3. The van der Waals surface area contributed by atoms with Gasteiger partial charge in [-0.2, -0.15) is 0 Å². The van der Waals surface area contributed by atoms with Crippen molar-refractivity contribution in [2.45, 2.75) is 52.9 Å². The largest absolute Gasteiger partial charge is 0.400 e. The van der Waals surface area contributed by atoms with E-state index in [-0.39, 0.29) is 5.91 Å². The lowest BCUT2D eigenvalue weighted by atomic mass is 9.99. The minimum atomic E-state index is 0.191. The number of aryl methyl sites for hydroxylation is 2. The van der Waals surface area contributed by atoms with Gasteiger partial charge in [0.25, 0.3) is 5.91 Å². The number of pyridine rings is 1. The molecular weight excluding hydrogens is 382 g/mol. The number of thiophene rings is 1. The normalized spacial score (nSPS) is 14.2. The number of aromatic amines is 1. The van der Waals surface area contributed by atoms with Crippen LogP contribution >= 0.6 is 11.3 Å². The van der Waals surface area contributed by atoms with Crippen molar-refractivity contribution in [3.8, 4) is 11.3 Å². The second-order valence-corrected chi connectivity index (χ2v) is 8.97. The Labute approximate surface area is 176 Å². The Morgan fingerprint density at radius 1 is 1.10 bits per heavy atom. The molecule has 1 saturated heterocycles. The molecule has 0 unspecified atom stereocenters. The molecule has 1 aliphatic rings. The molecule has 1 aliphatic heterocycles. The number of likely N-dealkylation sites (tertiary alicyclic amines) is 1. The fraction of sp³-hybridized carbons (Fsp3) is 0.478. The molecule has 4 rings (SSSR count). The molecule has 4 heterocycles. The standard InChI is InChI=1S/C22H27N3OS.CH4O/c1-13(2)19-20(16-10-14(3)23-15(4)11-16)24-17-12-18(27-21(17)19)22(26)25-8-6-5-7-9-25;1-2/h10-13,24H,5-9H2,1-4H3;2H,1H3. The summed E-state index contributed by atoms with van der Waals surface area (Å²) in [5, 5.41) is 7.00. The van der Waals surface area contributed by atoms with E-state index in [4.69, 9.17) is 5.11 Å². The Morgan fingerprint density at radius 2 is 1.72 bits per heavy atom. The summed E-state index contributed by atoms with van der Waals surface area (Å²) in [6.07, 6.45) is 3.48. The molecule has 0 aromatic carbocycles. The minimum Gasteiger partial charge on any atom is -0.400 e. The third kappa shape index (κ3) is 4.38. The number of nitrogens with one attached hydrogen (secondary N) is 1. The molecule has 0 saturated carbocycles. The first-order valence-electron chi connectivity index (χ1n) is 10.3.